The zero-order valence-corrected chi connectivity index (χ0v) is 29.6. The molecule has 4 heteroatoms. The highest BCUT2D eigenvalue weighted by Crippen LogP contribution is 2.40. The summed E-state index contributed by atoms with van der Waals surface area (Å²) in [5, 5.41) is 0. The van der Waals surface area contributed by atoms with Gasteiger partial charge in [0.2, 0.25) is 0 Å². The molecule has 4 nitrogen and oxygen atoms in total. The van der Waals surface area contributed by atoms with Crippen molar-refractivity contribution in [2.75, 3.05) is 13.2 Å². The molecule has 0 spiro atoms. The molecular weight excluding hydrogens is 568 g/mol. The highest BCUT2D eigenvalue weighted by molar-refractivity contribution is 5.64. The van der Waals surface area contributed by atoms with Crippen molar-refractivity contribution < 1.29 is 18.9 Å². The molecule has 2 aliphatic heterocycles. The van der Waals surface area contributed by atoms with Gasteiger partial charge in [0.05, 0.1) is 25.4 Å². The fraction of sp³-hybridized carbons (Fsp3) is 0.714. The van der Waals surface area contributed by atoms with Crippen LogP contribution in [0.2, 0.25) is 0 Å². The van der Waals surface area contributed by atoms with E-state index in [1.807, 2.05) is 0 Å². The Kier molecular flexibility index (Phi) is 14.5. The van der Waals surface area contributed by atoms with E-state index in [1.165, 1.54) is 119 Å². The minimum absolute atomic E-state index is 0.00740. The van der Waals surface area contributed by atoms with Gasteiger partial charge in [-0.25, -0.2) is 0 Å². The van der Waals surface area contributed by atoms with Crippen molar-refractivity contribution in [2.45, 2.75) is 161 Å². The third-order valence-corrected chi connectivity index (χ3v) is 11.4. The Morgan fingerprint density at radius 2 is 1.04 bits per heavy atom. The summed E-state index contributed by atoms with van der Waals surface area (Å²) < 4.78 is 25.3. The van der Waals surface area contributed by atoms with Crippen LogP contribution in [0.1, 0.15) is 154 Å². The first-order valence-corrected chi connectivity index (χ1v) is 19.3. The second-order valence-electron chi connectivity index (χ2n) is 14.8. The highest BCUT2D eigenvalue weighted by Gasteiger charge is 2.36. The van der Waals surface area contributed by atoms with Gasteiger partial charge in [0.15, 0.2) is 12.6 Å². The van der Waals surface area contributed by atoms with E-state index in [0.717, 1.165) is 18.8 Å². The zero-order chi connectivity index (χ0) is 32.1. The van der Waals surface area contributed by atoms with Crippen molar-refractivity contribution in [3.05, 3.63) is 59.7 Å². The lowest BCUT2D eigenvalue weighted by atomic mass is 9.78. The zero-order valence-electron chi connectivity index (χ0n) is 29.6. The van der Waals surface area contributed by atoms with Crippen LogP contribution in [0.5, 0.6) is 0 Å². The Morgan fingerprint density at radius 3 is 1.57 bits per heavy atom. The summed E-state index contributed by atoms with van der Waals surface area (Å²) in [4.78, 5) is 0. The van der Waals surface area contributed by atoms with Gasteiger partial charge in [-0.15, -0.1) is 0 Å². The molecule has 0 N–H and O–H groups in total. The summed E-state index contributed by atoms with van der Waals surface area (Å²) in [6, 6.07) is 18.1. The largest absolute Gasteiger partial charge is 0.352 e. The fourth-order valence-electron chi connectivity index (χ4n) is 7.99. The van der Waals surface area contributed by atoms with Crippen LogP contribution in [-0.2, 0) is 18.9 Å². The predicted octanol–water partition coefficient (Wildman–Crippen LogP) is 11.8. The minimum Gasteiger partial charge on any atom is -0.352 e. The van der Waals surface area contributed by atoms with Gasteiger partial charge in [-0.2, -0.15) is 0 Å². The maximum Gasteiger partial charge on any atom is 0.184 e. The molecule has 0 bridgehead atoms. The minimum atomic E-state index is -0.257. The summed E-state index contributed by atoms with van der Waals surface area (Å²) >= 11 is 0. The monoisotopic (exact) mass is 632 g/mol. The van der Waals surface area contributed by atoms with E-state index >= 15 is 0 Å². The number of hydrogen-bond donors (Lipinski definition) is 0. The fourth-order valence-corrected chi connectivity index (χ4v) is 7.99. The molecule has 2 heterocycles. The predicted molar refractivity (Wildman–Crippen MR) is 190 cm³/mol. The Labute approximate surface area is 281 Å². The molecule has 256 valence electrons. The second-order valence-corrected chi connectivity index (χ2v) is 14.8. The molecule has 0 radical (unpaired) electrons. The quantitative estimate of drug-likeness (QED) is 0.173. The molecule has 2 aromatic carbocycles. The van der Waals surface area contributed by atoms with Gasteiger partial charge in [-0.1, -0.05) is 127 Å². The lowest BCUT2D eigenvalue weighted by Crippen LogP contribution is -2.42. The van der Waals surface area contributed by atoms with E-state index in [4.69, 9.17) is 18.9 Å². The number of ether oxygens (including phenoxy) is 4. The van der Waals surface area contributed by atoms with E-state index in [0.29, 0.717) is 29.8 Å². The van der Waals surface area contributed by atoms with Crippen molar-refractivity contribution in [1.82, 2.24) is 0 Å². The van der Waals surface area contributed by atoms with Gasteiger partial charge >= 0.3 is 0 Å². The van der Waals surface area contributed by atoms with Crippen LogP contribution in [-0.4, -0.2) is 31.7 Å². The molecule has 1 aliphatic carbocycles. The topological polar surface area (TPSA) is 36.9 Å². The summed E-state index contributed by atoms with van der Waals surface area (Å²) in [5.74, 6) is 2.23. The molecule has 1 saturated carbocycles. The average molecular weight is 633 g/mol. The van der Waals surface area contributed by atoms with Crippen molar-refractivity contribution in [2.24, 2.45) is 17.8 Å². The maximum atomic E-state index is 6.47. The third-order valence-electron chi connectivity index (χ3n) is 11.4. The summed E-state index contributed by atoms with van der Waals surface area (Å²) in [6.45, 7) is 10.7. The Bertz CT molecular complexity index is 1110. The average Bonchev–Trinajstić information content (AvgIpc) is 3.09. The third kappa shape index (κ3) is 10.1. The molecule has 6 atom stereocenters. The van der Waals surface area contributed by atoms with Gasteiger partial charge in [0, 0.05) is 23.3 Å². The lowest BCUT2D eigenvalue weighted by Gasteiger charge is -2.40. The van der Waals surface area contributed by atoms with Crippen LogP contribution in [0.3, 0.4) is 0 Å². The molecule has 0 amide bonds. The molecule has 46 heavy (non-hydrogen) atoms. The molecule has 2 unspecified atom stereocenters. The van der Waals surface area contributed by atoms with E-state index in [2.05, 4.69) is 76.2 Å². The Hall–Kier alpha value is -1.72. The molecule has 3 aliphatic rings. The van der Waals surface area contributed by atoms with Gasteiger partial charge in [-0.05, 0) is 75.0 Å². The van der Waals surface area contributed by atoms with Crippen LogP contribution in [0.25, 0.3) is 11.1 Å². The maximum absolute atomic E-state index is 6.47. The summed E-state index contributed by atoms with van der Waals surface area (Å²) in [7, 11) is 0. The number of unbranched alkanes of at least 4 members (excludes halogenated alkanes) is 8. The summed E-state index contributed by atoms with van der Waals surface area (Å²) in [6.07, 6.45) is 20.9. The first kappa shape index (κ1) is 35.6. The Morgan fingerprint density at radius 1 is 0.543 bits per heavy atom. The number of rotatable bonds is 16. The molecule has 5 rings (SSSR count). The lowest BCUT2D eigenvalue weighted by molar-refractivity contribution is -0.257. The smallest absolute Gasteiger partial charge is 0.184 e. The van der Waals surface area contributed by atoms with Crippen molar-refractivity contribution in [1.29, 1.82) is 0 Å². The SMILES string of the molecule is CCCCCCC[C@@H]1CO[C@@H](c2ccc(-c3ccc(C4CCC([C@@H]5OC[C@@H](CCCCCCC)C(C)O5)CC4)cc3)cc2)OC1C. The van der Waals surface area contributed by atoms with E-state index in [1.54, 1.807) is 0 Å². The highest BCUT2D eigenvalue weighted by atomic mass is 16.7. The number of hydrogen-bond acceptors (Lipinski definition) is 4. The first-order chi connectivity index (χ1) is 22.6. The molecule has 2 aromatic rings. The van der Waals surface area contributed by atoms with Gasteiger partial charge < -0.3 is 18.9 Å². The van der Waals surface area contributed by atoms with E-state index in [-0.39, 0.29) is 18.7 Å². The van der Waals surface area contributed by atoms with Crippen LogP contribution >= 0.6 is 0 Å². The van der Waals surface area contributed by atoms with Crippen molar-refractivity contribution in [3.63, 3.8) is 0 Å². The van der Waals surface area contributed by atoms with Crippen molar-refractivity contribution in [3.8, 4) is 11.1 Å². The van der Waals surface area contributed by atoms with Crippen molar-refractivity contribution >= 4 is 0 Å². The van der Waals surface area contributed by atoms with Crippen LogP contribution in [0, 0.1) is 17.8 Å². The second kappa shape index (κ2) is 18.7. The Balaban J connectivity index is 1.03. The first-order valence-electron chi connectivity index (χ1n) is 19.3. The number of benzene rings is 2. The van der Waals surface area contributed by atoms with Crippen LogP contribution in [0.15, 0.2) is 48.5 Å². The summed E-state index contributed by atoms with van der Waals surface area (Å²) in [5.41, 5.74) is 5.10. The van der Waals surface area contributed by atoms with Gasteiger partial charge in [0.25, 0.3) is 0 Å². The van der Waals surface area contributed by atoms with Gasteiger partial charge in [-0.3, -0.25) is 0 Å². The standard InChI is InChI=1S/C42H64O4/c1-5-7-9-11-13-15-39-29-43-41(45-31(39)3)37-25-21-35(22-26-37)33-17-19-34(20-18-33)36-23-27-38(28-24-36)42-44-30-40(32(4)46-42)16-14-12-10-8-6-2/h17-22,25-26,31-32,36,38-42H,5-16,23-24,27-30H2,1-4H3/t31?,32?,36?,38?,39-,40-,41-,42-/m1/s1. The molecule has 0 aromatic heterocycles. The molecule has 2 saturated heterocycles. The normalized spacial score (nSPS) is 30.3. The molecular formula is C42H64O4. The van der Waals surface area contributed by atoms with Crippen LogP contribution in [0.4, 0.5) is 0 Å². The van der Waals surface area contributed by atoms with E-state index in [9.17, 15) is 0 Å². The molecule has 3 fully saturated rings. The van der Waals surface area contributed by atoms with Crippen LogP contribution < -0.4 is 0 Å². The van der Waals surface area contributed by atoms with E-state index < -0.39 is 0 Å². The van der Waals surface area contributed by atoms with Gasteiger partial charge in [0.1, 0.15) is 0 Å².